The minimum atomic E-state index is -0.614. The van der Waals surface area contributed by atoms with Crippen molar-refractivity contribution in [1.29, 1.82) is 0 Å². The summed E-state index contributed by atoms with van der Waals surface area (Å²) in [4.78, 5) is 37.4. The first kappa shape index (κ1) is 21.6. The summed E-state index contributed by atoms with van der Waals surface area (Å²) in [5.41, 5.74) is 2.24. The number of hydrogen-bond acceptors (Lipinski definition) is 7. The molecule has 2 aromatic rings. The number of carbonyl (C=O) groups excluding carboxylic acids is 3. The van der Waals surface area contributed by atoms with Crippen LogP contribution in [0.5, 0.6) is 0 Å². The van der Waals surface area contributed by atoms with Crippen LogP contribution < -0.4 is 5.32 Å². The molecule has 1 amide bonds. The van der Waals surface area contributed by atoms with Crippen LogP contribution in [0, 0.1) is 13.8 Å². The first-order valence-corrected chi connectivity index (χ1v) is 9.51. The number of thiophene rings is 1. The molecular weight excluding hydrogens is 382 g/mol. The van der Waals surface area contributed by atoms with E-state index in [1.807, 2.05) is 13.0 Å². The molecule has 0 bridgehead atoms. The molecule has 8 heteroatoms. The zero-order chi connectivity index (χ0) is 20.7. The van der Waals surface area contributed by atoms with Crippen LogP contribution in [0.15, 0.2) is 24.3 Å². The first-order chi connectivity index (χ1) is 13.4. The predicted octanol–water partition coefficient (Wildman–Crippen LogP) is 3.48. The van der Waals surface area contributed by atoms with Gasteiger partial charge in [0.2, 0.25) is 0 Å². The third-order valence-corrected chi connectivity index (χ3v) is 5.05. The molecule has 7 nitrogen and oxygen atoms in total. The van der Waals surface area contributed by atoms with E-state index in [4.69, 9.17) is 14.2 Å². The fourth-order valence-electron chi connectivity index (χ4n) is 2.50. The van der Waals surface area contributed by atoms with Gasteiger partial charge < -0.3 is 19.5 Å². The van der Waals surface area contributed by atoms with E-state index in [0.29, 0.717) is 22.7 Å². The lowest BCUT2D eigenvalue weighted by molar-refractivity contribution is -0.119. The van der Waals surface area contributed by atoms with Crippen LogP contribution in [0.2, 0.25) is 0 Å². The molecule has 0 aliphatic carbocycles. The number of esters is 2. The van der Waals surface area contributed by atoms with E-state index in [1.54, 1.807) is 39.2 Å². The van der Waals surface area contributed by atoms with Crippen molar-refractivity contribution >= 4 is 34.2 Å². The zero-order valence-corrected chi connectivity index (χ0v) is 17.1. The molecule has 28 heavy (non-hydrogen) atoms. The predicted molar refractivity (Wildman–Crippen MR) is 106 cm³/mol. The van der Waals surface area contributed by atoms with Gasteiger partial charge in [0.15, 0.2) is 6.61 Å². The number of aryl methyl sites for hydroxylation is 1. The number of carbonyl (C=O) groups is 3. The molecule has 1 aromatic heterocycles. The highest BCUT2D eigenvalue weighted by atomic mass is 32.1. The molecule has 0 radical (unpaired) electrons. The average Bonchev–Trinajstić information content (AvgIpc) is 2.94. The number of methoxy groups -OCH3 is 1. The molecule has 0 spiro atoms. The van der Waals surface area contributed by atoms with Crippen molar-refractivity contribution in [1.82, 2.24) is 0 Å². The van der Waals surface area contributed by atoms with Gasteiger partial charge in [-0.05, 0) is 44.0 Å². The fraction of sp³-hybridized carbons (Fsp3) is 0.350. The quantitative estimate of drug-likeness (QED) is 0.676. The van der Waals surface area contributed by atoms with Crippen LogP contribution in [0.25, 0.3) is 0 Å². The van der Waals surface area contributed by atoms with E-state index >= 15 is 0 Å². The molecule has 150 valence electrons. The summed E-state index contributed by atoms with van der Waals surface area (Å²) in [5.74, 6) is -1.64. The number of rotatable bonds is 8. The summed E-state index contributed by atoms with van der Waals surface area (Å²) in [5, 5.41) is 3.02. The summed E-state index contributed by atoms with van der Waals surface area (Å²) in [6.45, 7) is 5.50. The molecule has 0 aliphatic rings. The third kappa shape index (κ3) is 5.40. The first-order valence-electron chi connectivity index (χ1n) is 8.69. The molecule has 0 aliphatic heterocycles. The van der Waals surface area contributed by atoms with Crippen LogP contribution >= 0.6 is 11.3 Å². The number of amides is 1. The summed E-state index contributed by atoms with van der Waals surface area (Å²) in [6, 6.07) is 6.79. The van der Waals surface area contributed by atoms with E-state index in [9.17, 15) is 14.4 Å². The maximum absolute atomic E-state index is 12.2. The minimum Gasteiger partial charge on any atom is -0.462 e. The SMILES string of the molecule is CCOC(=O)c1c(NC(=O)COC(=O)c2cccc(COC)c2)sc(C)c1C. The van der Waals surface area contributed by atoms with Gasteiger partial charge in [0.05, 0.1) is 24.3 Å². The Kier molecular flexibility index (Phi) is 7.71. The number of nitrogens with one attached hydrogen (secondary N) is 1. The van der Waals surface area contributed by atoms with E-state index in [-0.39, 0.29) is 6.61 Å². The van der Waals surface area contributed by atoms with E-state index in [1.165, 1.54) is 11.3 Å². The topological polar surface area (TPSA) is 90.9 Å². The lowest BCUT2D eigenvalue weighted by Crippen LogP contribution is -2.21. The van der Waals surface area contributed by atoms with Gasteiger partial charge in [-0.1, -0.05) is 12.1 Å². The molecule has 0 atom stereocenters. The molecular formula is C20H23NO6S. The van der Waals surface area contributed by atoms with Crippen molar-refractivity contribution in [3.8, 4) is 0 Å². The molecule has 0 saturated carbocycles. The lowest BCUT2D eigenvalue weighted by atomic mass is 10.1. The van der Waals surface area contributed by atoms with Crippen LogP contribution in [-0.2, 0) is 25.6 Å². The number of ether oxygens (including phenoxy) is 3. The smallest absolute Gasteiger partial charge is 0.341 e. The largest absolute Gasteiger partial charge is 0.462 e. The van der Waals surface area contributed by atoms with Gasteiger partial charge in [0, 0.05) is 12.0 Å². The molecule has 0 unspecified atom stereocenters. The van der Waals surface area contributed by atoms with Gasteiger partial charge in [0.1, 0.15) is 5.00 Å². The van der Waals surface area contributed by atoms with Crippen molar-refractivity contribution in [3.05, 3.63) is 51.4 Å². The summed E-state index contributed by atoms with van der Waals surface area (Å²) in [7, 11) is 1.56. The van der Waals surface area contributed by atoms with E-state index < -0.39 is 24.5 Å². The second-order valence-corrected chi connectivity index (χ2v) is 7.19. The van der Waals surface area contributed by atoms with Crippen molar-refractivity contribution in [2.45, 2.75) is 27.4 Å². The Morgan fingerprint density at radius 2 is 1.86 bits per heavy atom. The van der Waals surface area contributed by atoms with Gasteiger partial charge in [0.25, 0.3) is 5.91 Å². The monoisotopic (exact) mass is 405 g/mol. The number of hydrogen-bond donors (Lipinski definition) is 1. The van der Waals surface area contributed by atoms with Crippen molar-refractivity contribution < 1.29 is 28.6 Å². The second-order valence-electron chi connectivity index (χ2n) is 5.97. The second kappa shape index (κ2) is 10.0. The molecule has 1 aromatic carbocycles. The number of benzene rings is 1. The Bertz CT molecular complexity index is 874. The molecule has 1 N–H and O–H groups in total. The molecule has 2 rings (SSSR count). The summed E-state index contributed by atoms with van der Waals surface area (Å²) in [6.07, 6.45) is 0. The minimum absolute atomic E-state index is 0.236. The van der Waals surface area contributed by atoms with Gasteiger partial charge >= 0.3 is 11.9 Å². The third-order valence-electron chi connectivity index (χ3n) is 3.93. The van der Waals surface area contributed by atoms with Gasteiger partial charge in [-0.3, -0.25) is 4.79 Å². The Hall–Kier alpha value is -2.71. The molecule has 0 fully saturated rings. The van der Waals surface area contributed by atoms with Crippen molar-refractivity contribution in [2.75, 3.05) is 25.6 Å². The van der Waals surface area contributed by atoms with Crippen molar-refractivity contribution in [2.24, 2.45) is 0 Å². The Labute approximate surface area is 167 Å². The average molecular weight is 405 g/mol. The van der Waals surface area contributed by atoms with Gasteiger partial charge in [-0.15, -0.1) is 11.3 Å². The standard InChI is InChI=1S/C20H23NO6S/c1-5-26-20(24)17-12(2)13(3)28-18(17)21-16(22)11-27-19(23)15-8-6-7-14(9-15)10-25-4/h6-9H,5,10-11H2,1-4H3,(H,21,22). The lowest BCUT2D eigenvalue weighted by Gasteiger charge is -2.08. The van der Waals surface area contributed by atoms with Gasteiger partial charge in [-0.25, -0.2) is 9.59 Å². The zero-order valence-electron chi connectivity index (χ0n) is 16.3. The van der Waals surface area contributed by atoms with Gasteiger partial charge in [-0.2, -0.15) is 0 Å². The maximum atomic E-state index is 12.2. The highest BCUT2D eigenvalue weighted by Gasteiger charge is 2.22. The number of anilines is 1. The van der Waals surface area contributed by atoms with Crippen LogP contribution in [0.4, 0.5) is 5.00 Å². The Morgan fingerprint density at radius 1 is 1.11 bits per heavy atom. The fourth-order valence-corrected chi connectivity index (χ4v) is 3.56. The molecule has 1 heterocycles. The van der Waals surface area contributed by atoms with E-state index in [0.717, 1.165) is 16.0 Å². The highest BCUT2D eigenvalue weighted by Crippen LogP contribution is 2.33. The van der Waals surface area contributed by atoms with Crippen LogP contribution in [-0.4, -0.2) is 38.2 Å². The molecule has 0 saturated heterocycles. The Morgan fingerprint density at radius 3 is 2.54 bits per heavy atom. The summed E-state index contributed by atoms with van der Waals surface area (Å²) >= 11 is 1.27. The van der Waals surface area contributed by atoms with Crippen molar-refractivity contribution in [3.63, 3.8) is 0 Å². The normalized spacial score (nSPS) is 10.4. The summed E-state index contributed by atoms with van der Waals surface area (Å²) < 4.78 is 15.2. The van der Waals surface area contributed by atoms with Crippen LogP contribution in [0.3, 0.4) is 0 Å². The highest BCUT2D eigenvalue weighted by molar-refractivity contribution is 7.16. The Balaban J connectivity index is 2.01. The maximum Gasteiger partial charge on any atom is 0.341 e. The van der Waals surface area contributed by atoms with E-state index in [2.05, 4.69) is 5.32 Å². The van der Waals surface area contributed by atoms with Crippen LogP contribution in [0.1, 0.15) is 43.6 Å².